The topological polar surface area (TPSA) is 55.4 Å². The normalized spacial score (nSPS) is 12.9. The van der Waals surface area contributed by atoms with Crippen molar-refractivity contribution in [2.45, 2.75) is 31.2 Å². The van der Waals surface area contributed by atoms with Crippen molar-refractivity contribution >= 4 is 10.0 Å². The molecule has 0 aromatic heterocycles. The predicted molar refractivity (Wildman–Crippen MR) is 87.5 cm³/mol. The van der Waals surface area contributed by atoms with Crippen LogP contribution in [0.15, 0.2) is 53.4 Å². The van der Waals surface area contributed by atoms with Crippen LogP contribution in [-0.4, -0.2) is 15.5 Å². The molecule has 5 heteroatoms. The first-order valence-electron chi connectivity index (χ1n) is 7.19. The Morgan fingerprint density at radius 3 is 2.41 bits per heavy atom. The molecule has 0 unspecified atom stereocenters. The number of sulfonamides is 1. The van der Waals surface area contributed by atoms with Gasteiger partial charge in [-0.3, -0.25) is 0 Å². The molecule has 0 bridgehead atoms. The van der Waals surface area contributed by atoms with Crippen LogP contribution >= 0.6 is 0 Å². The molecule has 0 amide bonds. The van der Waals surface area contributed by atoms with Crippen molar-refractivity contribution in [1.29, 1.82) is 0 Å². The second kappa shape index (κ2) is 6.94. The van der Waals surface area contributed by atoms with Crippen LogP contribution in [0.2, 0.25) is 0 Å². The van der Waals surface area contributed by atoms with Crippen molar-refractivity contribution in [2.75, 3.05) is 7.11 Å². The number of benzene rings is 2. The van der Waals surface area contributed by atoms with Gasteiger partial charge in [-0.25, -0.2) is 13.1 Å². The lowest BCUT2D eigenvalue weighted by atomic mass is 10.1. The highest BCUT2D eigenvalue weighted by Gasteiger charge is 2.20. The summed E-state index contributed by atoms with van der Waals surface area (Å²) in [6, 6.07) is 14.0. The van der Waals surface area contributed by atoms with Gasteiger partial charge in [0.15, 0.2) is 0 Å². The molecular formula is C17H21NO3S. The lowest BCUT2D eigenvalue weighted by Gasteiger charge is -2.18. The van der Waals surface area contributed by atoms with Gasteiger partial charge in [0.05, 0.1) is 12.0 Å². The fraction of sp³-hybridized carbons (Fsp3) is 0.294. The number of rotatable bonds is 6. The fourth-order valence-electron chi connectivity index (χ4n) is 2.22. The van der Waals surface area contributed by atoms with Crippen molar-refractivity contribution in [3.8, 4) is 5.75 Å². The molecule has 1 atom stereocenters. The molecule has 118 valence electrons. The molecule has 0 heterocycles. The van der Waals surface area contributed by atoms with E-state index in [0.29, 0.717) is 12.2 Å². The zero-order chi connectivity index (χ0) is 16.2. The molecular weight excluding hydrogens is 298 g/mol. The number of aryl methyl sites for hydroxylation is 1. The standard InChI is InChI=1S/C17H21NO3S/c1-4-17(14-6-5-7-15(12-14)21-3)18-22(19,20)16-10-8-13(2)9-11-16/h5-12,17-18H,4H2,1-3H3/t17-/m0/s1. The highest BCUT2D eigenvalue weighted by atomic mass is 32.2. The summed E-state index contributed by atoms with van der Waals surface area (Å²) in [4.78, 5) is 0.277. The minimum Gasteiger partial charge on any atom is -0.497 e. The van der Waals surface area contributed by atoms with Gasteiger partial charge in [-0.05, 0) is 43.2 Å². The quantitative estimate of drug-likeness (QED) is 0.887. The Labute approximate surface area is 132 Å². The van der Waals surface area contributed by atoms with Crippen LogP contribution in [0.1, 0.15) is 30.5 Å². The summed E-state index contributed by atoms with van der Waals surface area (Å²) in [5.74, 6) is 0.713. The smallest absolute Gasteiger partial charge is 0.241 e. The summed E-state index contributed by atoms with van der Waals surface area (Å²) in [7, 11) is -1.95. The first-order valence-corrected chi connectivity index (χ1v) is 8.67. The second-order valence-electron chi connectivity index (χ2n) is 5.17. The van der Waals surface area contributed by atoms with E-state index in [2.05, 4.69) is 4.72 Å². The molecule has 0 saturated heterocycles. The number of hydrogen-bond donors (Lipinski definition) is 1. The lowest BCUT2D eigenvalue weighted by molar-refractivity contribution is 0.413. The van der Waals surface area contributed by atoms with Crippen LogP contribution in [0.3, 0.4) is 0 Å². The Balaban J connectivity index is 2.27. The van der Waals surface area contributed by atoms with E-state index < -0.39 is 10.0 Å². The van der Waals surface area contributed by atoms with E-state index in [4.69, 9.17) is 4.74 Å². The molecule has 22 heavy (non-hydrogen) atoms. The molecule has 2 rings (SSSR count). The van der Waals surface area contributed by atoms with E-state index in [-0.39, 0.29) is 10.9 Å². The van der Waals surface area contributed by atoms with Gasteiger partial charge in [0.25, 0.3) is 0 Å². The summed E-state index contributed by atoms with van der Waals surface area (Å²) in [6.07, 6.45) is 0.651. The van der Waals surface area contributed by atoms with Crippen LogP contribution in [-0.2, 0) is 10.0 Å². The van der Waals surface area contributed by atoms with Gasteiger partial charge in [-0.1, -0.05) is 36.8 Å². The summed E-state index contributed by atoms with van der Waals surface area (Å²) in [5.41, 5.74) is 1.91. The average Bonchev–Trinajstić information content (AvgIpc) is 2.53. The summed E-state index contributed by atoms with van der Waals surface area (Å²) >= 11 is 0. The van der Waals surface area contributed by atoms with Crippen molar-refractivity contribution in [1.82, 2.24) is 4.72 Å². The van der Waals surface area contributed by atoms with Gasteiger partial charge in [0.1, 0.15) is 5.75 Å². The molecule has 0 aliphatic rings. The molecule has 2 aromatic rings. The number of methoxy groups -OCH3 is 1. The average molecular weight is 319 g/mol. The van der Waals surface area contributed by atoms with Gasteiger partial charge in [-0.15, -0.1) is 0 Å². The van der Waals surface area contributed by atoms with E-state index in [9.17, 15) is 8.42 Å². The van der Waals surface area contributed by atoms with E-state index in [1.807, 2.05) is 38.1 Å². The molecule has 4 nitrogen and oxygen atoms in total. The second-order valence-corrected chi connectivity index (χ2v) is 6.89. The summed E-state index contributed by atoms with van der Waals surface area (Å²) < 4.78 is 33.0. The van der Waals surface area contributed by atoms with Crippen LogP contribution in [0.5, 0.6) is 5.75 Å². The first kappa shape index (κ1) is 16.5. The van der Waals surface area contributed by atoms with E-state index in [0.717, 1.165) is 11.1 Å². The molecule has 0 saturated carbocycles. The number of nitrogens with one attached hydrogen (secondary N) is 1. The van der Waals surface area contributed by atoms with E-state index in [1.54, 1.807) is 31.4 Å². The monoisotopic (exact) mass is 319 g/mol. The van der Waals surface area contributed by atoms with Crippen LogP contribution in [0.4, 0.5) is 0 Å². The Morgan fingerprint density at radius 2 is 1.82 bits per heavy atom. The number of ether oxygens (including phenoxy) is 1. The van der Waals surface area contributed by atoms with Crippen LogP contribution < -0.4 is 9.46 Å². The zero-order valence-electron chi connectivity index (χ0n) is 13.0. The highest BCUT2D eigenvalue weighted by molar-refractivity contribution is 7.89. The lowest BCUT2D eigenvalue weighted by Crippen LogP contribution is -2.28. The van der Waals surface area contributed by atoms with Crippen LogP contribution in [0, 0.1) is 6.92 Å². The molecule has 0 fully saturated rings. The van der Waals surface area contributed by atoms with E-state index >= 15 is 0 Å². The minimum absolute atomic E-state index is 0.277. The Kier molecular flexibility index (Phi) is 5.21. The fourth-order valence-corrected chi connectivity index (χ4v) is 3.53. The van der Waals surface area contributed by atoms with Gasteiger partial charge in [0, 0.05) is 6.04 Å². The molecule has 0 aliphatic heterocycles. The Hall–Kier alpha value is -1.85. The van der Waals surface area contributed by atoms with Gasteiger partial charge >= 0.3 is 0 Å². The van der Waals surface area contributed by atoms with Crippen molar-refractivity contribution in [3.63, 3.8) is 0 Å². The molecule has 0 radical (unpaired) electrons. The Bertz CT molecular complexity index is 724. The van der Waals surface area contributed by atoms with Gasteiger partial charge < -0.3 is 4.74 Å². The molecule has 0 aliphatic carbocycles. The summed E-state index contributed by atoms with van der Waals surface area (Å²) in [6.45, 7) is 3.87. The third-order valence-electron chi connectivity index (χ3n) is 3.53. The van der Waals surface area contributed by atoms with Crippen molar-refractivity contribution < 1.29 is 13.2 Å². The van der Waals surface area contributed by atoms with Crippen molar-refractivity contribution in [3.05, 3.63) is 59.7 Å². The summed E-state index contributed by atoms with van der Waals surface area (Å²) in [5, 5.41) is 0. The number of hydrogen-bond acceptors (Lipinski definition) is 3. The van der Waals surface area contributed by atoms with E-state index in [1.165, 1.54) is 0 Å². The SMILES string of the molecule is CC[C@H](NS(=O)(=O)c1ccc(C)cc1)c1cccc(OC)c1. The zero-order valence-corrected chi connectivity index (χ0v) is 13.9. The molecule has 2 aromatic carbocycles. The minimum atomic E-state index is -3.55. The van der Waals surface area contributed by atoms with Gasteiger partial charge in [-0.2, -0.15) is 0 Å². The molecule has 1 N–H and O–H groups in total. The third-order valence-corrected chi connectivity index (χ3v) is 5.02. The third kappa shape index (κ3) is 3.87. The largest absolute Gasteiger partial charge is 0.497 e. The van der Waals surface area contributed by atoms with Crippen molar-refractivity contribution in [2.24, 2.45) is 0 Å². The Morgan fingerprint density at radius 1 is 1.14 bits per heavy atom. The van der Waals surface area contributed by atoms with Gasteiger partial charge in [0.2, 0.25) is 10.0 Å². The maximum Gasteiger partial charge on any atom is 0.241 e. The maximum absolute atomic E-state index is 12.5. The predicted octanol–water partition coefficient (Wildman–Crippen LogP) is 3.43. The maximum atomic E-state index is 12.5. The van der Waals surface area contributed by atoms with Crippen LogP contribution in [0.25, 0.3) is 0 Å². The molecule has 0 spiro atoms. The highest BCUT2D eigenvalue weighted by Crippen LogP contribution is 2.23. The first-order chi connectivity index (χ1) is 10.5.